The minimum atomic E-state index is -2.97. The number of alkyl halides is 2. The van der Waals surface area contributed by atoms with Crippen LogP contribution in [0, 0.1) is 13.8 Å². The molecule has 0 aliphatic heterocycles. The Balaban J connectivity index is 1.68. The molecule has 0 fully saturated rings. The number of hydrogen-bond donors (Lipinski definition) is 1. The lowest BCUT2D eigenvalue weighted by molar-refractivity contribution is -0.0512. The summed E-state index contributed by atoms with van der Waals surface area (Å²) in [4.78, 5) is 12.4. The molecule has 0 atom stereocenters. The van der Waals surface area contributed by atoms with Gasteiger partial charge in [-0.1, -0.05) is 17.7 Å². The van der Waals surface area contributed by atoms with Crippen molar-refractivity contribution in [2.24, 2.45) is 0 Å². The molecule has 0 saturated carbocycles. The lowest BCUT2D eigenvalue weighted by atomic mass is 10.1. The number of nitrogens with one attached hydrogen (secondary N) is 1. The fourth-order valence-corrected chi connectivity index (χ4v) is 3.05. The van der Waals surface area contributed by atoms with Gasteiger partial charge >= 0.3 is 6.61 Å². The van der Waals surface area contributed by atoms with Crippen molar-refractivity contribution < 1.29 is 23.0 Å². The Morgan fingerprint density at radius 1 is 1.17 bits per heavy atom. The smallest absolute Gasteiger partial charge is 0.387 e. The van der Waals surface area contributed by atoms with E-state index in [9.17, 15) is 13.6 Å². The van der Waals surface area contributed by atoms with Gasteiger partial charge in [0.1, 0.15) is 0 Å². The van der Waals surface area contributed by atoms with Gasteiger partial charge in [-0.3, -0.25) is 4.79 Å². The predicted molar refractivity (Wildman–Crippen MR) is 109 cm³/mol. The van der Waals surface area contributed by atoms with Crippen molar-refractivity contribution in [3.63, 3.8) is 0 Å². The highest BCUT2D eigenvalue weighted by atomic mass is 35.5. The maximum atomic E-state index is 12.5. The number of nitrogens with zero attached hydrogens (tertiary/aromatic N) is 2. The molecule has 0 saturated heterocycles. The number of rotatable bonds is 7. The SMILES string of the molecule is COc1ccc(CNC(=O)c2ccc(-n3nc(C)c(Cl)c3C)cc2)cc1OC(F)F. The summed E-state index contributed by atoms with van der Waals surface area (Å²) in [7, 11) is 1.36. The number of aryl methyl sites for hydroxylation is 1. The Bertz CT molecular complexity index is 1050. The average Bonchev–Trinajstić information content (AvgIpc) is 2.99. The van der Waals surface area contributed by atoms with E-state index in [1.54, 1.807) is 35.0 Å². The normalized spacial score (nSPS) is 10.9. The van der Waals surface area contributed by atoms with Gasteiger partial charge in [-0.05, 0) is 55.8 Å². The van der Waals surface area contributed by atoms with Gasteiger partial charge in [-0.25, -0.2) is 4.68 Å². The summed E-state index contributed by atoms with van der Waals surface area (Å²) in [5, 5.41) is 7.74. The van der Waals surface area contributed by atoms with E-state index in [-0.39, 0.29) is 24.0 Å². The van der Waals surface area contributed by atoms with Crippen LogP contribution in [0.15, 0.2) is 42.5 Å². The van der Waals surface area contributed by atoms with Gasteiger partial charge in [0.25, 0.3) is 5.91 Å². The molecule has 9 heteroatoms. The van der Waals surface area contributed by atoms with Crippen LogP contribution in [0.1, 0.15) is 27.3 Å². The van der Waals surface area contributed by atoms with Crippen molar-refractivity contribution in [1.29, 1.82) is 0 Å². The molecule has 6 nitrogen and oxygen atoms in total. The number of methoxy groups -OCH3 is 1. The minimum absolute atomic E-state index is 0.0906. The van der Waals surface area contributed by atoms with E-state index >= 15 is 0 Å². The summed E-state index contributed by atoms with van der Waals surface area (Å²) in [5.74, 6) is -0.211. The van der Waals surface area contributed by atoms with Crippen LogP contribution in [-0.2, 0) is 6.54 Å². The molecule has 0 bridgehead atoms. The number of aromatic nitrogens is 2. The Labute approximate surface area is 177 Å². The van der Waals surface area contributed by atoms with Crippen LogP contribution in [0.3, 0.4) is 0 Å². The largest absolute Gasteiger partial charge is 0.493 e. The summed E-state index contributed by atoms with van der Waals surface area (Å²) in [6, 6.07) is 11.5. The highest BCUT2D eigenvalue weighted by molar-refractivity contribution is 6.31. The number of hydrogen-bond acceptors (Lipinski definition) is 4. The first-order valence-corrected chi connectivity index (χ1v) is 9.40. The first-order valence-electron chi connectivity index (χ1n) is 9.02. The number of ether oxygens (including phenoxy) is 2. The molecule has 1 amide bonds. The van der Waals surface area contributed by atoms with Crippen LogP contribution in [-0.4, -0.2) is 29.4 Å². The summed E-state index contributed by atoms with van der Waals surface area (Å²) < 4.78 is 36.3. The molecule has 158 valence electrons. The Morgan fingerprint density at radius 3 is 2.43 bits per heavy atom. The molecule has 1 heterocycles. The number of carbonyl (C=O) groups is 1. The van der Waals surface area contributed by atoms with Gasteiger partial charge in [0, 0.05) is 12.1 Å². The standard InChI is InChI=1S/C21H20ClF2N3O3/c1-12-19(22)13(2)27(26-12)16-7-5-15(6-8-16)20(28)25-11-14-4-9-17(29-3)18(10-14)30-21(23)24/h4-10,21H,11H2,1-3H3,(H,25,28). The van der Waals surface area contributed by atoms with Gasteiger partial charge in [0.2, 0.25) is 0 Å². The van der Waals surface area contributed by atoms with Gasteiger partial charge in [-0.15, -0.1) is 0 Å². The summed E-state index contributed by atoms with van der Waals surface area (Å²) in [6.07, 6.45) is 0. The molecule has 0 spiro atoms. The van der Waals surface area contributed by atoms with Gasteiger partial charge < -0.3 is 14.8 Å². The fraction of sp³-hybridized carbons (Fsp3) is 0.238. The molecule has 1 aromatic heterocycles. The third kappa shape index (κ3) is 4.71. The molecule has 0 aliphatic rings. The quantitative estimate of drug-likeness (QED) is 0.585. The van der Waals surface area contributed by atoms with Gasteiger partial charge in [0.05, 0.1) is 29.2 Å². The second kappa shape index (κ2) is 9.13. The molecule has 1 N–H and O–H groups in total. The second-order valence-electron chi connectivity index (χ2n) is 6.49. The minimum Gasteiger partial charge on any atom is -0.493 e. The van der Waals surface area contributed by atoms with Crippen molar-refractivity contribution >= 4 is 17.5 Å². The third-order valence-electron chi connectivity index (χ3n) is 4.47. The van der Waals surface area contributed by atoms with Crippen LogP contribution in [0.4, 0.5) is 8.78 Å². The second-order valence-corrected chi connectivity index (χ2v) is 6.87. The molecular formula is C21H20ClF2N3O3. The first kappa shape index (κ1) is 21.6. The zero-order valence-corrected chi connectivity index (χ0v) is 17.3. The number of amides is 1. The zero-order valence-electron chi connectivity index (χ0n) is 16.6. The topological polar surface area (TPSA) is 65.4 Å². The van der Waals surface area contributed by atoms with E-state index in [0.29, 0.717) is 16.1 Å². The summed E-state index contributed by atoms with van der Waals surface area (Å²) in [6.45, 7) is 0.852. The van der Waals surface area contributed by atoms with Crippen molar-refractivity contribution in [3.8, 4) is 17.2 Å². The maximum Gasteiger partial charge on any atom is 0.387 e. The zero-order chi connectivity index (χ0) is 21.8. The maximum absolute atomic E-state index is 12.5. The Morgan fingerprint density at radius 2 is 1.87 bits per heavy atom. The number of halogens is 3. The van der Waals surface area contributed by atoms with Gasteiger partial charge in [0.15, 0.2) is 11.5 Å². The highest BCUT2D eigenvalue weighted by Gasteiger charge is 2.13. The Hall–Kier alpha value is -3.13. The van der Waals surface area contributed by atoms with E-state index in [1.807, 2.05) is 13.8 Å². The van der Waals surface area contributed by atoms with Crippen LogP contribution < -0.4 is 14.8 Å². The van der Waals surface area contributed by atoms with Gasteiger partial charge in [-0.2, -0.15) is 13.9 Å². The van der Waals surface area contributed by atoms with Crippen LogP contribution in [0.25, 0.3) is 5.69 Å². The van der Waals surface area contributed by atoms with Crippen molar-refractivity contribution in [2.45, 2.75) is 27.0 Å². The van der Waals surface area contributed by atoms with E-state index in [2.05, 4.69) is 15.2 Å². The lowest BCUT2D eigenvalue weighted by Gasteiger charge is -2.12. The van der Waals surface area contributed by atoms with Crippen molar-refractivity contribution in [3.05, 3.63) is 70.0 Å². The number of benzene rings is 2. The monoisotopic (exact) mass is 435 g/mol. The summed E-state index contributed by atoms with van der Waals surface area (Å²) >= 11 is 6.18. The average molecular weight is 436 g/mol. The van der Waals surface area contributed by atoms with E-state index in [0.717, 1.165) is 17.1 Å². The lowest BCUT2D eigenvalue weighted by Crippen LogP contribution is -2.22. The van der Waals surface area contributed by atoms with Crippen molar-refractivity contribution in [1.82, 2.24) is 15.1 Å². The van der Waals surface area contributed by atoms with Crippen molar-refractivity contribution in [2.75, 3.05) is 7.11 Å². The molecule has 0 unspecified atom stereocenters. The van der Waals surface area contributed by atoms with Crippen LogP contribution >= 0.6 is 11.6 Å². The van der Waals surface area contributed by atoms with Crippen LogP contribution in [0.2, 0.25) is 5.02 Å². The fourth-order valence-electron chi connectivity index (χ4n) is 2.93. The molecule has 0 radical (unpaired) electrons. The molecule has 2 aromatic carbocycles. The highest BCUT2D eigenvalue weighted by Crippen LogP contribution is 2.29. The molecule has 30 heavy (non-hydrogen) atoms. The predicted octanol–water partition coefficient (Wildman–Crippen LogP) is 4.68. The number of carbonyl (C=O) groups excluding carboxylic acids is 1. The molecule has 3 aromatic rings. The van der Waals surface area contributed by atoms with E-state index in [4.69, 9.17) is 16.3 Å². The van der Waals surface area contributed by atoms with Crippen LogP contribution in [0.5, 0.6) is 11.5 Å². The summed E-state index contributed by atoms with van der Waals surface area (Å²) in [5.41, 5.74) is 3.36. The molecular weight excluding hydrogens is 416 g/mol. The third-order valence-corrected chi connectivity index (χ3v) is 5.02. The Kier molecular flexibility index (Phi) is 6.56. The molecule has 3 rings (SSSR count). The van der Waals surface area contributed by atoms with E-state index in [1.165, 1.54) is 19.2 Å². The van der Waals surface area contributed by atoms with E-state index < -0.39 is 6.61 Å². The first-order chi connectivity index (χ1) is 14.3. The molecule has 0 aliphatic carbocycles.